The number of thiol groups is 1. The number of fused-ring (bicyclic) bond motifs is 1. The fourth-order valence-electron chi connectivity index (χ4n) is 1.41. The van der Waals surface area contributed by atoms with Crippen LogP contribution >= 0.6 is 24.8 Å². The molecule has 2 nitrogen and oxygen atoms in total. The minimum absolute atomic E-state index is 0. The average molecular weight is 438 g/mol. The molecule has 1 aliphatic heterocycles. The van der Waals surface area contributed by atoms with Gasteiger partial charge in [0.2, 0.25) is 0 Å². The van der Waals surface area contributed by atoms with E-state index >= 15 is 0 Å². The van der Waals surface area contributed by atoms with Gasteiger partial charge < -0.3 is 11.1 Å². The van der Waals surface area contributed by atoms with E-state index in [2.05, 4.69) is 54.4 Å². The van der Waals surface area contributed by atoms with E-state index in [9.17, 15) is 0 Å². The largest absolute Gasteiger partial charge is 0.385 e. The van der Waals surface area contributed by atoms with E-state index in [-0.39, 0.29) is 30.5 Å². The number of nitrogens with two attached hydrogens (primary N) is 1. The molecule has 0 saturated heterocycles. The van der Waals surface area contributed by atoms with Crippen LogP contribution in [0.2, 0.25) is 0 Å². The summed E-state index contributed by atoms with van der Waals surface area (Å²) in [6.07, 6.45) is 2.51. The monoisotopic (exact) mass is 438 g/mol. The standard InChI is InChI=1S/C9H11N.CH3NS2.Bi.3H/c1-2-6-9-8(4-1)5-3-7-10-9;2-1(3)4;;;;/h1-2,4,6,10H,3,5,7H2;(H3,2,3,4);;;;. The van der Waals surface area contributed by atoms with Crippen molar-refractivity contribution in [2.45, 2.75) is 12.8 Å². The van der Waals surface area contributed by atoms with Crippen LogP contribution in [0.3, 0.4) is 0 Å². The quantitative estimate of drug-likeness (QED) is 0.322. The SMILES string of the molecule is NC(=S)S.[BiH3].c1ccc2c(c1)CCCN2. The number of anilines is 1. The Kier molecular flexibility index (Phi) is 8.39. The molecule has 3 N–H and O–H groups in total. The Hall–Kier alpha value is 0.143. The van der Waals surface area contributed by atoms with Crippen LogP contribution in [0.15, 0.2) is 24.3 Å². The summed E-state index contributed by atoms with van der Waals surface area (Å²) in [6.45, 7) is 1.14. The third kappa shape index (κ3) is 6.34. The Balaban J connectivity index is 0.000000346. The maximum atomic E-state index is 4.71. The van der Waals surface area contributed by atoms with Crippen LogP contribution in [0, 0.1) is 0 Å². The Morgan fingerprint density at radius 1 is 1.40 bits per heavy atom. The summed E-state index contributed by atoms with van der Waals surface area (Å²) in [5.74, 6) is 0. The molecule has 1 heterocycles. The van der Waals surface area contributed by atoms with Gasteiger partial charge in [0.15, 0.2) is 0 Å². The number of hydrogen-bond acceptors (Lipinski definition) is 2. The van der Waals surface area contributed by atoms with Crippen molar-refractivity contribution in [3.8, 4) is 0 Å². The maximum absolute atomic E-state index is 4.71. The van der Waals surface area contributed by atoms with Gasteiger partial charge in [-0.15, -0.1) is 12.6 Å². The molecule has 0 fully saturated rings. The van der Waals surface area contributed by atoms with Gasteiger partial charge in [-0.05, 0) is 24.5 Å². The fourth-order valence-corrected chi connectivity index (χ4v) is 1.41. The molecule has 15 heavy (non-hydrogen) atoms. The summed E-state index contributed by atoms with van der Waals surface area (Å²) in [5, 5.41) is 3.36. The molecule has 0 amide bonds. The molecular weight excluding hydrogens is 421 g/mol. The summed E-state index contributed by atoms with van der Waals surface area (Å²) in [5.41, 5.74) is 7.50. The predicted molar refractivity (Wildman–Crippen MR) is 79.0 cm³/mol. The van der Waals surface area contributed by atoms with E-state index in [1.807, 2.05) is 0 Å². The molecule has 0 aromatic heterocycles. The smallest absolute Gasteiger partial charge is 0.0372 e. The van der Waals surface area contributed by atoms with Crippen molar-refractivity contribution in [1.29, 1.82) is 0 Å². The molecule has 0 radical (unpaired) electrons. The summed E-state index contributed by atoms with van der Waals surface area (Å²) in [4.78, 5) is 0. The molecular formula is C10H17BiN2S2. The van der Waals surface area contributed by atoms with Crippen molar-refractivity contribution in [3.63, 3.8) is 0 Å². The zero-order chi connectivity index (χ0) is 10.4. The Labute approximate surface area is 121 Å². The Morgan fingerprint density at radius 3 is 2.60 bits per heavy atom. The first-order chi connectivity index (χ1) is 6.70. The first kappa shape index (κ1) is 15.1. The van der Waals surface area contributed by atoms with E-state index in [0.29, 0.717) is 0 Å². The molecule has 1 aromatic carbocycles. The summed E-state index contributed by atoms with van der Waals surface area (Å²) in [6, 6.07) is 8.53. The third-order valence-electron chi connectivity index (χ3n) is 1.96. The summed E-state index contributed by atoms with van der Waals surface area (Å²) in [7, 11) is 0. The normalized spacial score (nSPS) is 12.1. The third-order valence-corrected chi connectivity index (χ3v) is 1.96. The number of aryl methyl sites for hydroxylation is 1. The zero-order valence-corrected chi connectivity index (χ0v) is 15.8. The van der Waals surface area contributed by atoms with Gasteiger partial charge in [-0.1, -0.05) is 30.4 Å². The van der Waals surface area contributed by atoms with Crippen molar-refractivity contribution in [3.05, 3.63) is 29.8 Å². The second kappa shape index (κ2) is 8.31. The van der Waals surface area contributed by atoms with Crippen molar-refractivity contribution in [2.24, 2.45) is 5.73 Å². The van der Waals surface area contributed by atoms with Gasteiger partial charge in [0.25, 0.3) is 0 Å². The van der Waals surface area contributed by atoms with Crippen LogP contribution in [-0.4, -0.2) is 37.1 Å². The first-order valence-electron chi connectivity index (χ1n) is 4.50. The Bertz CT molecular complexity index is 289. The van der Waals surface area contributed by atoms with E-state index in [4.69, 9.17) is 5.73 Å². The number of hydrogen-bond donors (Lipinski definition) is 3. The second-order valence-corrected chi connectivity index (χ2v) is 4.25. The van der Waals surface area contributed by atoms with Gasteiger partial charge in [-0.25, -0.2) is 0 Å². The van der Waals surface area contributed by atoms with Gasteiger partial charge in [0, 0.05) is 12.2 Å². The van der Waals surface area contributed by atoms with Gasteiger partial charge in [0.05, 0.1) is 0 Å². The molecule has 5 heteroatoms. The maximum Gasteiger partial charge on any atom is 0.0372 e. The summed E-state index contributed by atoms with van der Waals surface area (Å²) < 4.78 is 0.194. The topological polar surface area (TPSA) is 38.0 Å². The van der Waals surface area contributed by atoms with Gasteiger partial charge >= 0.3 is 26.2 Å². The van der Waals surface area contributed by atoms with Crippen LogP contribution in [0.5, 0.6) is 0 Å². The minimum Gasteiger partial charge on any atom is -0.385 e. The molecule has 0 spiro atoms. The van der Waals surface area contributed by atoms with Crippen LogP contribution in [0.4, 0.5) is 5.69 Å². The molecule has 0 bridgehead atoms. The van der Waals surface area contributed by atoms with Gasteiger partial charge in [-0.3, -0.25) is 0 Å². The molecule has 0 saturated carbocycles. The first-order valence-corrected chi connectivity index (χ1v) is 5.36. The molecule has 84 valence electrons. The van der Waals surface area contributed by atoms with Crippen LogP contribution < -0.4 is 11.1 Å². The fraction of sp³-hybridized carbons (Fsp3) is 0.300. The number of para-hydroxylation sites is 1. The van der Waals surface area contributed by atoms with Gasteiger partial charge in [0.1, 0.15) is 4.32 Å². The average Bonchev–Trinajstić information content (AvgIpc) is 2.17. The molecule has 1 aliphatic rings. The number of thiocarbonyl (C=S) groups is 1. The van der Waals surface area contributed by atoms with Crippen molar-refractivity contribution >= 4 is 61.1 Å². The molecule has 0 aliphatic carbocycles. The second-order valence-electron chi connectivity index (χ2n) is 3.03. The Morgan fingerprint density at radius 2 is 2.00 bits per heavy atom. The summed E-state index contributed by atoms with van der Waals surface area (Å²) >= 11 is 7.65. The van der Waals surface area contributed by atoms with Crippen molar-refractivity contribution in [2.75, 3.05) is 11.9 Å². The molecule has 2 rings (SSSR count). The van der Waals surface area contributed by atoms with E-state index in [1.165, 1.54) is 24.1 Å². The number of rotatable bonds is 0. The minimum atomic E-state index is 0. The van der Waals surface area contributed by atoms with Gasteiger partial charge in [-0.2, -0.15) is 0 Å². The van der Waals surface area contributed by atoms with E-state index < -0.39 is 0 Å². The van der Waals surface area contributed by atoms with Crippen molar-refractivity contribution in [1.82, 2.24) is 0 Å². The zero-order valence-electron chi connectivity index (χ0n) is 8.57. The number of benzene rings is 1. The molecule has 1 aromatic rings. The molecule has 0 unspecified atom stereocenters. The van der Waals surface area contributed by atoms with Crippen LogP contribution in [0.25, 0.3) is 0 Å². The van der Waals surface area contributed by atoms with Crippen LogP contribution in [0.1, 0.15) is 12.0 Å². The number of nitrogens with one attached hydrogen (secondary N) is 1. The van der Waals surface area contributed by atoms with E-state index in [1.54, 1.807) is 0 Å². The van der Waals surface area contributed by atoms with E-state index in [0.717, 1.165) is 6.54 Å². The molecule has 0 atom stereocenters. The predicted octanol–water partition coefficient (Wildman–Crippen LogP) is 1.02. The van der Waals surface area contributed by atoms with Crippen molar-refractivity contribution < 1.29 is 0 Å². The van der Waals surface area contributed by atoms with Crippen LogP contribution in [-0.2, 0) is 6.42 Å².